The van der Waals surface area contributed by atoms with Crippen molar-refractivity contribution >= 4 is 5.91 Å². The highest BCUT2D eigenvalue weighted by Crippen LogP contribution is 2.19. The van der Waals surface area contributed by atoms with Crippen LogP contribution >= 0.6 is 0 Å². The van der Waals surface area contributed by atoms with E-state index in [9.17, 15) is 9.18 Å². The second kappa shape index (κ2) is 2.99. The van der Waals surface area contributed by atoms with E-state index in [2.05, 4.69) is 0 Å². The molecule has 1 radical (unpaired) electrons. The molecule has 0 bridgehead atoms. The maximum Gasteiger partial charge on any atom is 0.219 e. The van der Waals surface area contributed by atoms with Crippen molar-refractivity contribution in [2.24, 2.45) is 0 Å². The van der Waals surface area contributed by atoms with Crippen LogP contribution in [0.3, 0.4) is 0 Å². The summed E-state index contributed by atoms with van der Waals surface area (Å²) in [6.45, 7) is 2.63. The van der Waals surface area contributed by atoms with Crippen molar-refractivity contribution in [3.63, 3.8) is 0 Å². The summed E-state index contributed by atoms with van der Waals surface area (Å²) in [7, 11) is 0. The molecule has 1 rings (SSSR count). The Hall–Kier alpha value is -0.600. The molecule has 0 saturated carbocycles. The maximum atomic E-state index is 12.4. The van der Waals surface area contributed by atoms with Gasteiger partial charge in [-0.3, -0.25) is 4.79 Å². The molecule has 1 saturated heterocycles. The third-order valence-corrected chi connectivity index (χ3v) is 1.75. The summed E-state index contributed by atoms with van der Waals surface area (Å²) in [6.07, 6.45) is 0.886. The van der Waals surface area contributed by atoms with Crippen LogP contribution in [-0.2, 0) is 4.79 Å². The van der Waals surface area contributed by atoms with E-state index < -0.39 is 0 Å². The van der Waals surface area contributed by atoms with Crippen molar-refractivity contribution in [3.8, 4) is 0 Å². The van der Waals surface area contributed by atoms with Crippen LogP contribution in [0.4, 0.5) is 4.39 Å². The van der Waals surface area contributed by atoms with E-state index in [1.165, 1.54) is 6.92 Å². The molecule has 0 unspecified atom stereocenters. The molecule has 0 aromatic heterocycles. The SMILES string of the molecule is CC(=O)N1CC[C](F)CC1. The first kappa shape index (κ1) is 7.51. The minimum atomic E-state index is 0.0255. The summed E-state index contributed by atoms with van der Waals surface area (Å²) in [6, 6.07) is 0. The summed E-state index contributed by atoms with van der Waals surface area (Å²) < 4.78 is 12.4. The van der Waals surface area contributed by atoms with E-state index in [4.69, 9.17) is 0 Å². The first-order valence-corrected chi connectivity index (χ1v) is 3.46. The normalized spacial score (nSPS) is 21.2. The summed E-state index contributed by atoms with van der Waals surface area (Å²) in [5, 5.41) is 0. The van der Waals surface area contributed by atoms with Crippen LogP contribution in [0, 0.1) is 6.17 Å². The quantitative estimate of drug-likeness (QED) is 0.499. The zero-order chi connectivity index (χ0) is 7.56. The average molecular weight is 144 g/mol. The topological polar surface area (TPSA) is 20.3 Å². The molecule has 0 atom stereocenters. The molecule has 1 fully saturated rings. The summed E-state index contributed by atoms with van der Waals surface area (Å²) in [5.41, 5.74) is 0. The molecule has 0 aliphatic carbocycles. The monoisotopic (exact) mass is 144 g/mol. The Bertz CT molecular complexity index is 130. The van der Waals surface area contributed by atoms with Crippen molar-refractivity contribution in [3.05, 3.63) is 6.17 Å². The van der Waals surface area contributed by atoms with Crippen molar-refractivity contribution in [1.82, 2.24) is 4.90 Å². The predicted octanol–water partition coefficient (Wildman–Crippen LogP) is 1.13. The zero-order valence-corrected chi connectivity index (χ0v) is 6.06. The first-order chi connectivity index (χ1) is 4.70. The Morgan fingerprint density at radius 2 is 2.00 bits per heavy atom. The Balaban J connectivity index is 2.33. The number of nitrogens with zero attached hydrogens (tertiary/aromatic N) is 1. The number of halogens is 1. The highest BCUT2D eigenvalue weighted by Gasteiger charge is 2.20. The predicted molar refractivity (Wildman–Crippen MR) is 35.8 cm³/mol. The van der Waals surface area contributed by atoms with Gasteiger partial charge in [0.25, 0.3) is 0 Å². The molecule has 3 heteroatoms. The minimum Gasteiger partial charge on any atom is -0.343 e. The molecule has 0 aromatic rings. The van der Waals surface area contributed by atoms with E-state index in [-0.39, 0.29) is 12.1 Å². The van der Waals surface area contributed by atoms with Crippen LogP contribution < -0.4 is 0 Å². The van der Waals surface area contributed by atoms with Gasteiger partial charge in [0, 0.05) is 32.9 Å². The average Bonchev–Trinajstić information content (AvgIpc) is 1.88. The Morgan fingerprint density at radius 1 is 1.50 bits per heavy atom. The van der Waals surface area contributed by atoms with E-state index in [1.807, 2.05) is 0 Å². The maximum absolute atomic E-state index is 12.4. The fraction of sp³-hybridized carbons (Fsp3) is 0.714. The summed E-state index contributed by atoms with van der Waals surface area (Å²) >= 11 is 0. The van der Waals surface area contributed by atoms with Gasteiger partial charge in [-0.1, -0.05) is 0 Å². The third-order valence-electron chi connectivity index (χ3n) is 1.75. The van der Waals surface area contributed by atoms with Gasteiger partial charge >= 0.3 is 0 Å². The van der Waals surface area contributed by atoms with Crippen LogP contribution in [-0.4, -0.2) is 23.9 Å². The molecular formula is C7H11FNO. The number of piperidine rings is 1. The van der Waals surface area contributed by atoms with Crippen molar-refractivity contribution < 1.29 is 9.18 Å². The number of likely N-dealkylation sites (tertiary alicyclic amines) is 1. The number of carbonyl (C=O) groups is 1. The van der Waals surface area contributed by atoms with Gasteiger partial charge in [-0.2, -0.15) is 0 Å². The van der Waals surface area contributed by atoms with E-state index in [0.717, 1.165) is 0 Å². The largest absolute Gasteiger partial charge is 0.343 e. The smallest absolute Gasteiger partial charge is 0.219 e. The Morgan fingerprint density at radius 3 is 2.40 bits per heavy atom. The van der Waals surface area contributed by atoms with Gasteiger partial charge in [0.2, 0.25) is 5.91 Å². The number of rotatable bonds is 0. The molecule has 1 amide bonds. The fourth-order valence-electron chi connectivity index (χ4n) is 1.06. The molecule has 10 heavy (non-hydrogen) atoms. The Labute approximate surface area is 60.0 Å². The van der Waals surface area contributed by atoms with Crippen LogP contribution in [0.1, 0.15) is 19.8 Å². The van der Waals surface area contributed by atoms with Gasteiger partial charge in [-0.05, 0) is 0 Å². The summed E-state index contributed by atoms with van der Waals surface area (Å²) in [5.74, 6) is 0.0486. The van der Waals surface area contributed by atoms with Gasteiger partial charge in [0.15, 0.2) is 0 Å². The molecule has 1 aliphatic heterocycles. The van der Waals surface area contributed by atoms with Gasteiger partial charge in [-0.25, -0.2) is 4.39 Å². The molecule has 0 aromatic carbocycles. The first-order valence-electron chi connectivity index (χ1n) is 3.46. The Kier molecular flexibility index (Phi) is 2.25. The molecule has 0 N–H and O–H groups in total. The van der Waals surface area contributed by atoms with Crippen LogP contribution in [0.15, 0.2) is 0 Å². The number of hydrogen-bond acceptors (Lipinski definition) is 1. The second-order valence-electron chi connectivity index (χ2n) is 2.52. The number of amides is 1. The molecule has 57 valence electrons. The lowest BCUT2D eigenvalue weighted by molar-refractivity contribution is -0.129. The van der Waals surface area contributed by atoms with Crippen LogP contribution in [0.25, 0.3) is 0 Å². The van der Waals surface area contributed by atoms with Gasteiger partial charge in [0.1, 0.15) is 6.17 Å². The van der Waals surface area contributed by atoms with Crippen LogP contribution in [0.5, 0.6) is 0 Å². The van der Waals surface area contributed by atoms with Crippen molar-refractivity contribution in [1.29, 1.82) is 0 Å². The lowest BCUT2D eigenvalue weighted by atomic mass is 10.1. The minimum absolute atomic E-state index is 0.0255. The summed E-state index contributed by atoms with van der Waals surface area (Å²) in [4.78, 5) is 12.4. The zero-order valence-electron chi connectivity index (χ0n) is 6.06. The van der Waals surface area contributed by atoms with Gasteiger partial charge in [0.05, 0.1) is 0 Å². The lowest BCUT2D eigenvalue weighted by Crippen LogP contribution is -2.35. The van der Waals surface area contributed by atoms with Crippen molar-refractivity contribution in [2.75, 3.05) is 13.1 Å². The third kappa shape index (κ3) is 1.69. The number of hydrogen-bond donors (Lipinski definition) is 0. The second-order valence-corrected chi connectivity index (χ2v) is 2.52. The highest BCUT2D eigenvalue weighted by atomic mass is 19.1. The van der Waals surface area contributed by atoms with Gasteiger partial charge < -0.3 is 4.90 Å². The lowest BCUT2D eigenvalue weighted by Gasteiger charge is -2.26. The molecular weight excluding hydrogens is 133 g/mol. The van der Waals surface area contributed by atoms with Crippen LogP contribution in [0.2, 0.25) is 0 Å². The molecule has 1 heterocycles. The van der Waals surface area contributed by atoms with E-state index in [1.54, 1.807) is 4.90 Å². The fourth-order valence-corrected chi connectivity index (χ4v) is 1.06. The standard InChI is InChI=1S/C7H11FNO/c1-6(10)9-4-2-7(8)3-5-9/h2-5H2,1H3. The van der Waals surface area contributed by atoms with E-state index >= 15 is 0 Å². The van der Waals surface area contributed by atoms with E-state index in [0.29, 0.717) is 25.9 Å². The molecule has 0 spiro atoms. The van der Waals surface area contributed by atoms with Crippen molar-refractivity contribution in [2.45, 2.75) is 19.8 Å². The molecule has 1 aliphatic rings. The van der Waals surface area contributed by atoms with Gasteiger partial charge in [-0.15, -0.1) is 0 Å². The highest BCUT2D eigenvalue weighted by molar-refractivity contribution is 5.73. The number of carbonyl (C=O) groups excluding carboxylic acids is 1. The molecule has 2 nitrogen and oxygen atoms in total.